The number of hydrogen-bond donors (Lipinski definition) is 0. The molecular formula is C12H8BrIN4O. The van der Waals surface area contributed by atoms with Gasteiger partial charge in [0.05, 0.1) is 0 Å². The Balaban J connectivity index is 2.11. The first-order valence-electron chi connectivity index (χ1n) is 5.42. The van der Waals surface area contributed by atoms with Crippen LogP contribution in [0.15, 0.2) is 35.2 Å². The average Bonchev–Trinajstić information content (AvgIpc) is 2.66. The first kappa shape index (κ1) is 12.8. The van der Waals surface area contributed by atoms with Crippen molar-refractivity contribution in [1.82, 2.24) is 19.7 Å². The van der Waals surface area contributed by atoms with Crippen molar-refractivity contribution in [1.29, 1.82) is 0 Å². The molecule has 0 saturated heterocycles. The molecule has 0 atom stereocenters. The van der Waals surface area contributed by atoms with Gasteiger partial charge in [0.1, 0.15) is 22.1 Å². The summed E-state index contributed by atoms with van der Waals surface area (Å²) in [5, 5.41) is 5.03. The second kappa shape index (κ2) is 5.04. The van der Waals surface area contributed by atoms with Gasteiger partial charge >= 0.3 is 0 Å². The normalized spacial score (nSPS) is 10.9. The van der Waals surface area contributed by atoms with Crippen LogP contribution in [0.25, 0.3) is 11.0 Å². The summed E-state index contributed by atoms with van der Waals surface area (Å²) in [7, 11) is 1.83. The molecule has 19 heavy (non-hydrogen) atoms. The van der Waals surface area contributed by atoms with E-state index < -0.39 is 0 Å². The van der Waals surface area contributed by atoms with Crippen LogP contribution in [-0.4, -0.2) is 19.7 Å². The van der Waals surface area contributed by atoms with E-state index in [0.29, 0.717) is 10.5 Å². The Morgan fingerprint density at radius 1 is 1.32 bits per heavy atom. The topological polar surface area (TPSA) is 52.8 Å². The van der Waals surface area contributed by atoms with Gasteiger partial charge in [-0.25, -0.2) is 14.6 Å². The minimum absolute atomic E-state index is 0.493. The van der Waals surface area contributed by atoms with Gasteiger partial charge in [0, 0.05) is 10.6 Å². The van der Waals surface area contributed by atoms with Gasteiger partial charge in [-0.2, -0.15) is 5.10 Å². The number of rotatable bonds is 2. The molecule has 3 aromatic rings. The van der Waals surface area contributed by atoms with E-state index in [2.05, 4.69) is 53.6 Å². The highest BCUT2D eigenvalue weighted by Crippen LogP contribution is 2.31. The number of hydrogen-bond acceptors (Lipinski definition) is 4. The fraction of sp³-hybridized carbons (Fsp3) is 0.0833. The van der Waals surface area contributed by atoms with Gasteiger partial charge in [-0.3, -0.25) is 0 Å². The summed E-state index contributed by atoms with van der Waals surface area (Å²) >= 11 is 5.64. The molecule has 0 radical (unpaired) electrons. The summed E-state index contributed by atoms with van der Waals surface area (Å²) in [6, 6.07) is 7.77. The number of halogens is 2. The largest absolute Gasteiger partial charge is 0.438 e. The van der Waals surface area contributed by atoms with Crippen molar-refractivity contribution in [2.75, 3.05) is 0 Å². The van der Waals surface area contributed by atoms with Gasteiger partial charge in [0.15, 0.2) is 5.65 Å². The highest BCUT2D eigenvalue weighted by Gasteiger charge is 2.15. The summed E-state index contributed by atoms with van der Waals surface area (Å²) in [6.45, 7) is 0. The Morgan fingerprint density at radius 3 is 2.95 bits per heavy atom. The van der Waals surface area contributed by atoms with Crippen molar-refractivity contribution in [3.8, 4) is 11.6 Å². The van der Waals surface area contributed by atoms with E-state index in [0.717, 1.165) is 20.4 Å². The Morgan fingerprint density at radius 2 is 2.16 bits per heavy atom. The Labute approximate surface area is 131 Å². The van der Waals surface area contributed by atoms with E-state index in [1.54, 1.807) is 4.68 Å². The second-order valence-corrected chi connectivity index (χ2v) is 5.85. The molecule has 0 unspecified atom stereocenters. The van der Waals surface area contributed by atoms with Crippen LogP contribution in [-0.2, 0) is 7.05 Å². The van der Waals surface area contributed by atoms with Crippen LogP contribution >= 0.6 is 38.5 Å². The van der Waals surface area contributed by atoms with Gasteiger partial charge in [0.25, 0.3) is 0 Å². The van der Waals surface area contributed by atoms with Crippen molar-refractivity contribution >= 4 is 49.6 Å². The van der Waals surface area contributed by atoms with Crippen LogP contribution in [0.4, 0.5) is 0 Å². The predicted octanol–water partition coefficient (Wildman–Crippen LogP) is 3.52. The number of ether oxygens (including phenoxy) is 1. The Bertz CT molecular complexity index is 759. The molecule has 2 aromatic heterocycles. The minimum Gasteiger partial charge on any atom is -0.438 e. The maximum atomic E-state index is 5.83. The zero-order chi connectivity index (χ0) is 13.4. The summed E-state index contributed by atoms with van der Waals surface area (Å²) in [5.41, 5.74) is 0.725. The third-order valence-corrected chi connectivity index (χ3v) is 3.78. The summed E-state index contributed by atoms with van der Waals surface area (Å²) in [4.78, 5) is 8.39. The fourth-order valence-electron chi connectivity index (χ4n) is 1.74. The molecule has 0 fully saturated rings. The number of aromatic nitrogens is 4. The van der Waals surface area contributed by atoms with E-state index in [1.165, 1.54) is 6.33 Å². The van der Waals surface area contributed by atoms with E-state index in [1.807, 2.05) is 31.3 Å². The first-order chi connectivity index (χ1) is 9.15. The lowest BCUT2D eigenvalue weighted by Crippen LogP contribution is -1.94. The zero-order valence-corrected chi connectivity index (χ0v) is 13.6. The monoisotopic (exact) mass is 430 g/mol. The van der Waals surface area contributed by atoms with Crippen LogP contribution in [0.1, 0.15) is 0 Å². The van der Waals surface area contributed by atoms with Gasteiger partial charge in [-0.05, 0) is 56.7 Å². The van der Waals surface area contributed by atoms with Gasteiger partial charge in [-0.1, -0.05) is 6.07 Å². The van der Waals surface area contributed by atoms with Gasteiger partial charge in [0.2, 0.25) is 5.88 Å². The lowest BCUT2D eigenvalue weighted by molar-refractivity contribution is 0.467. The maximum absolute atomic E-state index is 5.83. The highest BCUT2D eigenvalue weighted by molar-refractivity contribution is 14.1. The standard InChI is InChI=1S/C12H8BrIN4O/c1-18-11-9(10(13)17-18)12(16-6-15-11)19-8-4-2-3-7(14)5-8/h2-6H,1H3. The number of nitrogens with zero attached hydrogens (tertiary/aromatic N) is 4. The molecule has 5 nitrogen and oxygen atoms in total. The second-order valence-electron chi connectivity index (χ2n) is 3.85. The summed E-state index contributed by atoms with van der Waals surface area (Å²) in [6.07, 6.45) is 1.47. The predicted molar refractivity (Wildman–Crippen MR) is 83.2 cm³/mol. The molecule has 1 aromatic carbocycles. The average molecular weight is 431 g/mol. The minimum atomic E-state index is 0.493. The maximum Gasteiger partial charge on any atom is 0.234 e. The Kier molecular flexibility index (Phi) is 3.40. The van der Waals surface area contributed by atoms with E-state index in [4.69, 9.17) is 4.74 Å². The van der Waals surface area contributed by atoms with Crippen LogP contribution in [0, 0.1) is 3.57 Å². The quantitative estimate of drug-likeness (QED) is 0.583. The van der Waals surface area contributed by atoms with Crippen LogP contribution in [0.2, 0.25) is 0 Å². The molecule has 0 saturated carbocycles. The number of benzene rings is 1. The van der Waals surface area contributed by atoms with Crippen LogP contribution < -0.4 is 4.74 Å². The fourth-order valence-corrected chi connectivity index (χ4v) is 2.83. The molecular weight excluding hydrogens is 423 g/mol. The molecule has 3 rings (SSSR count). The molecule has 0 bridgehead atoms. The Hall–Kier alpha value is -1.22. The molecule has 2 heterocycles. The molecule has 0 amide bonds. The highest BCUT2D eigenvalue weighted by atomic mass is 127. The van der Waals surface area contributed by atoms with Gasteiger partial charge < -0.3 is 4.74 Å². The van der Waals surface area contributed by atoms with Crippen molar-refractivity contribution in [3.05, 3.63) is 38.8 Å². The number of aryl methyl sites for hydroxylation is 1. The van der Waals surface area contributed by atoms with Crippen molar-refractivity contribution in [2.24, 2.45) is 7.05 Å². The lowest BCUT2D eigenvalue weighted by atomic mass is 10.3. The van der Waals surface area contributed by atoms with E-state index in [-0.39, 0.29) is 0 Å². The van der Waals surface area contributed by atoms with Crippen LogP contribution in [0.5, 0.6) is 11.6 Å². The van der Waals surface area contributed by atoms with Crippen LogP contribution in [0.3, 0.4) is 0 Å². The third-order valence-electron chi connectivity index (χ3n) is 2.55. The zero-order valence-electron chi connectivity index (χ0n) is 9.84. The first-order valence-corrected chi connectivity index (χ1v) is 7.29. The summed E-state index contributed by atoms with van der Waals surface area (Å²) < 4.78 is 9.29. The summed E-state index contributed by atoms with van der Waals surface area (Å²) in [5.74, 6) is 1.23. The molecule has 0 N–H and O–H groups in total. The van der Waals surface area contributed by atoms with E-state index >= 15 is 0 Å². The molecule has 96 valence electrons. The smallest absolute Gasteiger partial charge is 0.234 e. The van der Waals surface area contributed by atoms with E-state index in [9.17, 15) is 0 Å². The van der Waals surface area contributed by atoms with Crippen molar-refractivity contribution in [2.45, 2.75) is 0 Å². The van der Waals surface area contributed by atoms with Crippen molar-refractivity contribution < 1.29 is 4.74 Å². The molecule has 0 spiro atoms. The molecule has 0 aliphatic carbocycles. The molecule has 0 aliphatic heterocycles. The SMILES string of the molecule is Cn1nc(Br)c2c(Oc3cccc(I)c3)ncnc21. The lowest BCUT2D eigenvalue weighted by Gasteiger charge is -2.05. The molecule has 0 aliphatic rings. The number of fused-ring (bicyclic) bond motifs is 1. The van der Waals surface area contributed by atoms with Gasteiger partial charge in [-0.15, -0.1) is 0 Å². The third kappa shape index (κ3) is 2.44. The molecule has 7 heteroatoms. The van der Waals surface area contributed by atoms with Crippen molar-refractivity contribution in [3.63, 3.8) is 0 Å².